The van der Waals surface area contributed by atoms with Gasteiger partial charge >= 0.3 is 0 Å². The van der Waals surface area contributed by atoms with E-state index in [0.29, 0.717) is 18.8 Å². The van der Waals surface area contributed by atoms with Crippen LogP contribution in [-0.2, 0) is 21.4 Å². The predicted octanol–water partition coefficient (Wildman–Crippen LogP) is 2.93. The first kappa shape index (κ1) is 20.6. The molecule has 0 aliphatic carbocycles. The van der Waals surface area contributed by atoms with Crippen LogP contribution in [0.4, 0.5) is 5.69 Å². The van der Waals surface area contributed by atoms with Crippen LogP contribution >= 0.6 is 15.9 Å². The van der Waals surface area contributed by atoms with E-state index in [9.17, 15) is 13.2 Å². The van der Waals surface area contributed by atoms with E-state index in [2.05, 4.69) is 26.3 Å². The Morgan fingerprint density at radius 3 is 2.46 bits per heavy atom. The van der Waals surface area contributed by atoms with Crippen molar-refractivity contribution in [1.82, 2.24) is 14.1 Å². The van der Waals surface area contributed by atoms with Crippen molar-refractivity contribution in [3.05, 3.63) is 40.1 Å². The summed E-state index contributed by atoms with van der Waals surface area (Å²) in [4.78, 5) is 12.5. The van der Waals surface area contributed by atoms with Crippen LogP contribution in [0.3, 0.4) is 0 Å². The molecule has 9 heteroatoms. The average Bonchev–Trinajstić information content (AvgIpc) is 2.83. The van der Waals surface area contributed by atoms with Gasteiger partial charge in [0.25, 0.3) is 0 Å². The summed E-state index contributed by atoms with van der Waals surface area (Å²) < 4.78 is 29.1. The second kappa shape index (κ2) is 8.32. The first-order chi connectivity index (χ1) is 12.2. The van der Waals surface area contributed by atoms with Crippen LogP contribution in [0, 0.1) is 13.8 Å². The van der Waals surface area contributed by atoms with Gasteiger partial charge in [-0.2, -0.15) is 9.40 Å². The minimum absolute atomic E-state index is 0.0469. The molecule has 0 bridgehead atoms. The number of rotatable bonds is 7. The maximum atomic E-state index is 12.6. The lowest BCUT2D eigenvalue weighted by Crippen LogP contribution is -2.30. The number of anilines is 1. The lowest BCUT2D eigenvalue weighted by molar-refractivity contribution is -0.116. The highest BCUT2D eigenvalue weighted by atomic mass is 79.9. The maximum absolute atomic E-state index is 12.6. The van der Waals surface area contributed by atoms with E-state index in [-0.39, 0.29) is 17.3 Å². The predicted molar refractivity (Wildman–Crippen MR) is 105 cm³/mol. The first-order valence-corrected chi connectivity index (χ1v) is 10.5. The molecule has 0 aliphatic rings. The summed E-state index contributed by atoms with van der Waals surface area (Å²) in [5, 5.41) is 7.04. The number of amides is 1. The van der Waals surface area contributed by atoms with Gasteiger partial charge in [0.05, 0.1) is 20.8 Å². The minimum atomic E-state index is -3.57. The Morgan fingerprint density at radius 1 is 1.27 bits per heavy atom. The number of hydrogen-bond acceptors (Lipinski definition) is 4. The van der Waals surface area contributed by atoms with Crippen molar-refractivity contribution < 1.29 is 13.2 Å². The molecule has 1 amide bonds. The van der Waals surface area contributed by atoms with Gasteiger partial charge in [0, 0.05) is 18.8 Å². The van der Waals surface area contributed by atoms with Crippen molar-refractivity contribution in [2.45, 2.75) is 39.1 Å². The quantitative estimate of drug-likeness (QED) is 0.713. The molecule has 0 aliphatic heterocycles. The Labute approximate surface area is 162 Å². The van der Waals surface area contributed by atoms with Gasteiger partial charge in [-0.3, -0.25) is 9.48 Å². The molecule has 7 nitrogen and oxygen atoms in total. The fourth-order valence-corrected chi connectivity index (χ4v) is 4.40. The SMILES string of the molecule is CCN(CC)S(=O)(=O)c1cccc(NC(=O)Cn2nc(C)c(Br)c2C)c1. The van der Waals surface area contributed by atoms with Gasteiger partial charge in [0.1, 0.15) is 6.54 Å². The topological polar surface area (TPSA) is 84.3 Å². The van der Waals surface area contributed by atoms with Crippen LogP contribution in [0.2, 0.25) is 0 Å². The molecule has 0 radical (unpaired) electrons. The van der Waals surface area contributed by atoms with Gasteiger partial charge in [-0.1, -0.05) is 19.9 Å². The summed E-state index contributed by atoms with van der Waals surface area (Å²) in [6.45, 7) is 8.13. The summed E-state index contributed by atoms with van der Waals surface area (Å²) >= 11 is 3.43. The number of nitrogens with zero attached hydrogens (tertiary/aromatic N) is 3. The van der Waals surface area contributed by atoms with Crippen LogP contribution in [0.1, 0.15) is 25.2 Å². The second-order valence-corrected chi connectivity index (χ2v) is 8.54. The average molecular weight is 443 g/mol. The number of aryl methyl sites for hydroxylation is 1. The Kier molecular flexibility index (Phi) is 6.59. The number of carbonyl (C=O) groups is 1. The monoisotopic (exact) mass is 442 g/mol. The van der Waals surface area contributed by atoms with Gasteiger partial charge in [-0.15, -0.1) is 0 Å². The van der Waals surface area contributed by atoms with Gasteiger partial charge in [-0.05, 0) is 48.0 Å². The number of benzene rings is 1. The third kappa shape index (κ3) is 4.33. The number of carbonyl (C=O) groups excluding carboxylic acids is 1. The molecule has 0 spiro atoms. The smallest absolute Gasteiger partial charge is 0.246 e. The van der Waals surface area contributed by atoms with E-state index in [4.69, 9.17) is 0 Å². The highest BCUT2D eigenvalue weighted by molar-refractivity contribution is 9.10. The standard InChI is InChI=1S/C17H23BrN4O3S/c1-5-21(6-2)26(24,25)15-9-7-8-14(10-15)19-16(23)11-22-13(4)17(18)12(3)20-22/h7-10H,5-6,11H2,1-4H3,(H,19,23). The molecule has 2 aromatic rings. The summed E-state index contributed by atoms with van der Waals surface area (Å²) in [6.07, 6.45) is 0. The van der Waals surface area contributed by atoms with Crippen LogP contribution in [0.25, 0.3) is 0 Å². The third-order valence-electron chi connectivity index (χ3n) is 4.05. The van der Waals surface area contributed by atoms with Crippen molar-refractivity contribution in [3.8, 4) is 0 Å². The first-order valence-electron chi connectivity index (χ1n) is 8.30. The summed E-state index contributed by atoms with van der Waals surface area (Å²) in [6, 6.07) is 6.28. The zero-order valence-corrected chi connectivity index (χ0v) is 17.7. The molecule has 26 heavy (non-hydrogen) atoms. The Bertz CT molecular complexity index is 905. The minimum Gasteiger partial charge on any atom is -0.324 e. The Morgan fingerprint density at radius 2 is 1.92 bits per heavy atom. The summed E-state index contributed by atoms with van der Waals surface area (Å²) in [7, 11) is -3.57. The van der Waals surface area contributed by atoms with E-state index >= 15 is 0 Å². The van der Waals surface area contributed by atoms with Crippen LogP contribution in [0.5, 0.6) is 0 Å². The van der Waals surface area contributed by atoms with E-state index in [1.54, 1.807) is 30.7 Å². The fourth-order valence-electron chi connectivity index (χ4n) is 2.61. The summed E-state index contributed by atoms with van der Waals surface area (Å²) in [5.41, 5.74) is 2.10. The van der Waals surface area contributed by atoms with Crippen molar-refractivity contribution in [3.63, 3.8) is 0 Å². The molecule has 1 aromatic heterocycles. The largest absolute Gasteiger partial charge is 0.324 e. The molecule has 0 atom stereocenters. The zero-order valence-electron chi connectivity index (χ0n) is 15.3. The van der Waals surface area contributed by atoms with Gasteiger partial charge < -0.3 is 5.32 Å². The van der Waals surface area contributed by atoms with E-state index in [1.807, 2.05) is 13.8 Å². The fraction of sp³-hybridized carbons (Fsp3) is 0.412. The highest BCUT2D eigenvalue weighted by Gasteiger charge is 2.22. The molecular weight excluding hydrogens is 420 g/mol. The van der Waals surface area contributed by atoms with Crippen LogP contribution in [0.15, 0.2) is 33.6 Å². The molecule has 0 unspecified atom stereocenters. The van der Waals surface area contributed by atoms with Crippen molar-refractivity contribution >= 4 is 37.5 Å². The number of nitrogens with one attached hydrogen (secondary N) is 1. The Hall–Kier alpha value is -1.71. The van der Waals surface area contributed by atoms with Gasteiger partial charge in [0.2, 0.25) is 15.9 Å². The molecule has 2 rings (SSSR count). The molecule has 0 saturated carbocycles. The number of sulfonamides is 1. The number of hydrogen-bond donors (Lipinski definition) is 1. The molecule has 0 saturated heterocycles. The van der Waals surface area contributed by atoms with Crippen LogP contribution in [-0.4, -0.2) is 41.5 Å². The van der Waals surface area contributed by atoms with Crippen molar-refractivity contribution in [2.75, 3.05) is 18.4 Å². The van der Waals surface area contributed by atoms with Gasteiger partial charge in [0.15, 0.2) is 0 Å². The molecule has 1 N–H and O–H groups in total. The molecular formula is C17H23BrN4O3S. The number of aromatic nitrogens is 2. The molecule has 1 heterocycles. The zero-order chi connectivity index (χ0) is 19.5. The molecule has 0 fully saturated rings. The maximum Gasteiger partial charge on any atom is 0.246 e. The number of halogens is 1. The molecule has 142 valence electrons. The Balaban J connectivity index is 2.18. The second-order valence-electron chi connectivity index (χ2n) is 5.81. The normalized spacial score (nSPS) is 11.8. The van der Waals surface area contributed by atoms with Gasteiger partial charge in [-0.25, -0.2) is 8.42 Å². The highest BCUT2D eigenvalue weighted by Crippen LogP contribution is 2.21. The van der Waals surface area contributed by atoms with Crippen molar-refractivity contribution in [2.24, 2.45) is 0 Å². The van der Waals surface area contributed by atoms with Crippen molar-refractivity contribution in [1.29, 1.82) is 0 Å². The van der Waals surface area contributed by atoms with Crippen LogP contribution < -0.4 is 5.32 Å². The summed E-state index contributed by atoms with van der Waals surface area (Å²) in [5.74, 6) is -0.277. The molecule has 1 aromatic carbocycles. The lowest BCUT2D eigenvalue weighted by Gasteiger charge is -2.18. The van der Waals surface area contributed by atoms with E-state index in [1.165, 1.54) is 16.4 Å². The third-order valence-corrected chi connectivity index (χ3v) is 7.24. The van der Waals surface area contributed by atoms with E-state index in [0.717, 1.165) is 15.9 Å². The van der Waals surface area contributed by atoms with E-state index < -0.39 is 10.0 Å². The lowest BCUT2D eigenvalue weighted by atomic mass is 10.3.